The molecule has 1 aromatic carbocycles. The van der Waals surface area contributed by atoms with Gasteiger partial charge in [0.25, 0.3) is 0 Å². The number of allylic oxidation sites excluding steroid dienone is 1. The number of sulfone groups is 1. The van der Waals surface area contributed by atoms with Crippen molar-refractivity contribution in [3.8, 4) is 0 Å². The molecule has 0 spiro atoms. The van der Waals surface area contributed by atoms with Gasteiger partial charge in [-0.25, -0.2) is 8.42 Å². The second kappa shape index (κ2) is 4.99. The Morgan fingerprint density at radius 2 is 2.19 bits per heavy atom. The maximum Gasteiger partial charge on any atom is 0.175 e. The van der Waals surface area contributed by atoms with E-state index in [1.165, 1.54) is 12.3 Å². The van der Waals surface area contributed by atoms with E-state index in [2.05, 4.69) is 13.2 Å². The number of hydrogen-bond acceptors (Lipinski definition) is 3. The van der Waals surface area contributed by atoms with Crippen molar-refractivity contribution in [1.29, 1.82) is 0 Å². The average Bonchev–Trinajstić information content (AvgIpc) is 2.25. The Balaban J connectivity index is 2.84. The third kappa shape index (κ3) is 3.55. The van der Waals surface area contributed by atoms with Gasteiger partial charge in [-0.05, 0) is 23.8 Å². The maximum atomic E-state index is 11.3. The van der Waals surface area contributed by atoms with Crippen LogP contribution in [0.3, 0.4) is 0 Å². The van der Waals surface area contributed by atoms with E-state index in [9.17, 15) is 8.42 Å². The molecule has 0 fully saturated rings. The molecule has 0 heterocycles. The van der Waals surface area contributed by atoms with Crippen molar-refractivity contribution in [2.75, 3.05) is 6.26 Å². The van der Waals surface area contributed by atoms with Gasteiger partial charge in [0.1, 0.15) is 12.4 Å². The molecule has 0 saturated carbocycles. The maximum absolute atomic E-state index is 11.3. The van der Waals surface area contributed by atoms with Crippen molar-refractivity contribution in [2.24, 2.45) is 0 Å². The van der Waals surface area contributed by atoms with Crippen LogP contribution in [-0.2, 0) is 21.2 Å². The summed E-state index contributed by atoms with van der Waals surface area (Å²) in [5.74, 6) is 0.463. The highest BCUT2D eigenvalue weighted by molar-refractivity contribution is 7.90. The zero-order valence-corrected chi connectivity index (χ0v) is 9.96. The summed E-state index contributed by atoms with van der Waals surface area (Å²) in [6, 6.07) is 6.63. The first-order valence-electron chi connectivity index (χ1n) is 4.66. The SMILES string of the molecule is C=CC(=C)OCc1cccc(S(C)(=O)=O)c1. The fourth-order valence-electron chi connectivity index (χ4n) is 1.10. The van der Waals surface area contributed by atoms with Gasteiger partial charge in [-0.2, -0.15) is 0 Å². The fraction of sp³-hybridized carbons (Fsp3) is 0.167. The lowest BCUT2D eigenvalue weighted by Crippen LogP contribution is -1.98. The van der Waals surface area contributed by atoms with Crippen LogP contribution in [-0.4, -0.2) is 14.7 Å². The van der Waals surface area contributed by atoms with E-state index in [4.69, 9.17) is 4.74 Å². The van der Waals surface area contributed by atoms with Gasteiger partial charge in [0.2, 0.25) is 0 Å². The molecule has 1 rings (SSSR count). The molecule has 0 radical (unpaired) electrons. The molecule has 0 aliphatic rings. The minimum Gasteiger partial charge on any atom is -0.490 e. The topological polar surface area (TPSA) is 43.4 Å². The number of hydrogen-bond donors (Lipinski definition) is 0. The van der Waals surface area contributed by atoms with Crippen LogP contribution in [0.5, 0.6) is 0 Å². The summed E-state index contributed by atoms with van der Waals surface area (Å²) in [5, 5.41) is 0. The van der Waals surface area contributed by atoms with Gasteiger partial charge in [0.05, 0.1) is 4.90 Å². The summed E-state index contributed by atoms with van der Waals surface area (Å²) >= 11 is 0. The van der Waals surface area contributed by atoms with Gasteiger partial charge in [0, 0.05) is 6.26 Å². The average molecular weight is 238 g/mol. The number of ether oxygens (including phenoxy) is 1. The summed E-state index contributed by atoms with van der Waals surface area (Å²) in [4.78, 5) is 0.290. The summed E-state index contributed by atoms with van der Waals surface area (Å²) in [5.41, 5.74) is 0.783. The van der Waals surface area contributed by atoms with Crippen LogP contribution in [0.4, 0.5) is 0 Å². The van der Waals surface area contributed by atoms with Crippen LogP contribution in [0.1, 0.15) is 5.56 Å². The van der Waals surface area contributed by atoms with Gasteiger partial charge < -0.3 is 4.74 Å². The first-order chi connectivity index (χ1) is 7.43. The van der Waals surface area contributed by atoms with E-state index < -0.39 is 9.84 Å². The monoisotopic (exact) mass is 238 g/mol. The molecular formula is C12H14O3S. The summed E-state index contributed by atoms with van der Waals surface area (Å²) in [6.45, 7) is 7.40. The molecule has 86 valence electrons. The molecule has 3 nitrogen and oxygen atoms in total. The molecule has 0 aliphatic heterocycles. The molecule has 0 unspecified atom stereocenters. The highest BCUT2D eigenvalue weighted by Crippen LogP contribution is 2.13. The smallest absolute Gasteiger partial charge is 0.175 e. The zero-order valence-electron chi connectivity index (χ0n) is 9.14. The minimum atomic E-state index is -3.17. The standard InChI is InChI=1S/C12H14O3S/c1-4-10(2)15-9-11-6-5-7-12(8-11)16(3,13)14/h4-8H,1-2,9H2,3H3. The lowest BCUT2D eigenvalue weighted by atomic mass is 10.2. The Morgan fingerprint density at radius 1 is 1.50 bits per heavy atom. The van der Waals surface area contributed by atoms with Crippen LogP contribution in [0.2, 0.25) is 0 Å². The van der Waals surface area contributed by atoms with Crippen LogP contribution < -0.4 is 0 Å². The third-order valence-corrected chi connectivity index (χ3v) is 3.09. The molecular weight excluding hydrogens is 224 g/mol. The van der Waals surface area contributed by atoms with Crippen molar-refractivity contribution >= 4 is 9.84 Å². The van der Waals surface area contributed by atoms with Crippen molar-refractivity contribution < 1.29 is 13.2 Å². The summed E-state index contributed by atoms with van der Waals surface area (Å²) in [7, 11) is -3.17. The number of rotatable bonds is 5. The first kappa shape index (κ1) is 12.5. The minimum absolute atomic E-state index is 0.286. The van der Waals surface area contributed by atoms with Gasteiger partial charge in [-0.1, -0.05) is 25.3 Å². The van der Waals surface area contributed by atoms with Crippen LogP contribution in [0.25, 0.3) is 0 Å². The normalized spacial score (nSPS) is 10.8. The van der Waals surface area contributed by atoms with Crippen LogP contribution in [0.15, 0.2) is 54.2 Å². The Hall–Kier alpha value is -1.55. The largest absolute Gasteiger partial charge is 0.490 e. The fourth-order valence-corrected chi connectivity index (χ4v) is 1.79. The van der Waals surface area contributed by atoms with Crippen molar-refractivity contribution in [1.82, 2.24) is 0 Å². The lowest BCUT2D eigenvalue weighted by molar-refractivity contribution is 0.212. The predicted octanol–water partition coefficient (Wildman–Crippen LogP) is 2.31. The van der Waals surface area contributed by atoms with E-state index in [1.807, 2.05) is 0 Å². The molecule has 0 N–H and O–H groups in total. The molecule has 0 bridgehead atoms. The quantitative estimate of drug-likeness (QED) is 0.584. The summed E-state index contributed by atoms with van der Waals surface area (Å²) < 4.78 is 27.8. The van der Waals surface area contributed by atoms with E-state index in [0.29, 0.717) is 5.76 Å². The van der Waals surface area contributed by atoms with Crippen molar-refractivity contribution in [3.63, 3.8) is 0 Å². The number of benzene rings is 1. The predicted molar refractivity (Wildman–Crippen MR) is 63.7 cm³/mol. The molecule has 0 atom stereocenters. The first-order valence-corrected chi connectivity index (χ1v) is 6.56. The third-order valence-electron chi connectivity index (χ3n) is 1.98. The van der Waals surface area contributed by atoms with Crippen LogP contribution in [0, 0.1) is 0 Å². The van der Waals surface area contributed by atoms with Gasteiger partial charge in [-0.15, -0.1) is 0 Å². The lowest BCUT2D eigenvalue weighted by Gasteiger charge is -2.06. The van der Waals surface area contributed by atoms with E-state index in [1.54, 1.807) is 24.3 Å². The highest BCUT2D eigenvalue weighted by Gasteiger charge is 2.07. The molecule has 0 saturated heterocycles. The Morgan fingerprint density at radius 3 is 2.75 bits per heavy atom. The highest BCUT2D eigenvalue weighted by atomic mass is 32.2. The molecule has 1 aromatic rings. The van der Waals surface area contributed by atoms with Gasteiger partial charge >= 0.3 is 0 Å². The van der Waals surface area contributed by atoms with Crippen molar-refractivity contribution in [2.45, 2.75) is 11.5 Å². The summed E-state index contributed by atoms with van der Waals surface area (Å²) in [6.07, 6.45) is 2.68. The second-order valence-corrected chi connectivity index (χ2v) is 5.39. The molecule has 0 aromatic heterocycles. The Labute approximate surface area is 96.0 Å². The molecule has 4 heteroatoms. The second-order valence-electron chi connectivity index (χ2n) is 3.38. The Bertz CT molecular complexity index is 501. The van der Waals surface area contributed by atoms with E-state index in [-0.39, 0.29) is 11.5 Å². The van der Waals surface area contributed by atoms with Gasteiger partial charge in [-0.3, -0.25) is 0 Å². The van der Waals surface area contributed by atoms with Crippen molar-refractivity contribution in [3.05, 3.63) is 54.8 Å². The Kier molecular flexibility index (Phi) is 3.90. The van der Waals surface area contributed by atoms with E-state index in [0.717, 1.165) is 5.56 Å². The van der Waals surface area contributed by atoms with E-state index >= 15 is 0 Å². The molecule has 0 amide bonds. The molecule has 0 aliphatic carbocycles. The zero-order chi connectivity index (χ0) is 12.2. The molecule has 16 heavy (non-hydrogen) atoms. The van der Waals surface area contributed by atoms with Crippen LogP contribution >= 0.6 is 0 Å². The van der Waals surface area contributed by atoms with Gasteiger partial charge in [0.15, 0.2) is 9.84 Å².